The quantitative estimate of drug-likeness (QED) is 0.798. The number of amidine groups is 1. The lowest BCUT2D eigenvalue weighted by Crippen LogP contribution is -2.38. The molecule has 2 aliphatic rings. The Morgan fingerprint density at radius 2 is 1.77 bits per heavy atom. The maximum atomic E-state index is 13.0. The van der Waals surface area contributed by atoms with Crippen molar-refractivity contribution in [1.29, 1.82) is 0 Å². The van der Waals surface area contributed by atoms with Gasteiger partial charge in [-0.05, 0) is 35.4 Å². The van der Waals surface area contributed by atoms with Gasteiger partial charge in [-0.15, -0.1) is 4.40 Å². The molecule has 2 aromatic rings. The number of nitrogens with zero attached hydrogens (tertiary/aromatic N) is 2. The summed E-state index contributed by atoms with van der Waals surface area (Å²) >= 11 is 0. The third-order valence-corrected chi connectivity index (χ3v) is 6.11. The van der Waals surface area contributed by atoms with Crippen LogP contribution in [-0.4, -0.2) is 44.5 Å². The fourth-order valence-corrected chi connectivity index (χ4v) is 4.32. The van der Waals surface area contributed by atoms with Crippen LogP contribution in [0.15, 0.2) is 82.9 Å². The van der Waals surface area contributed by atoms with Gasteiger partial charge in [-0.1, -0.05) is 42.5 Å². The second-order valence-electron chi connectivity index (χ2n) is 6.94. The maximum Gasteiger partial charge on any atom is 0.256 e. The van der Waals surface area contributed by atoms with E-state index in [0.29, 0.717) is 11.4 Å². The molecule has 1 atom stereocenters. The molecular weight excluding hydrogens is 402 g/mol. The van der Waals surface area contributed by atoms with Crippen LogP contribution in [0.2, 0.25) is 0 Å². The van der Waals surface area contributed by atoms with Gasteiger partial charge in [0, 0.05) is 12.7 Å². The summed E-state index contributed by atoms with van der Waals surface area (Å²) in [6.07, 6.45) is 4.77. The molecule has 0 radical (unpaired) electrons. The van der Waals surface area contributed by atoms with Gasteiger partial charge in [0.05, 0.1) is 24.5 Å². The van der Waals surface area contributed by atoms with Crippen LogP contribution in [0.3, 0.4) is 0 Å². The summed E-state index contributed by atoms with van der Waals surface area (Å²) in [6, 6.07) is 16.9. The minimum atomic E-state index is -3.43. The average molecular weight is 423 g/mol. The fraction of sp³-hybridized carbons (Fsp3) is 0.182. The molecule has 1 unspecified atom stereocenters. The molecule has 0 saturated heterocycles. The second-order valence-corrected chi connectivity index (χ2v) is 8.69. The Labute approximate surface area is 175 Å². The van der Waals surface area contributed by atoms with Crippen molar-refractivity contribution in [3.8, 4) is 5.75 Å². The predicted octanol–water partition coefficient (Wildman–Crippen LogP) is 2.40. The van der Waals surface area contributed by atoms with Crippen molar-refractivity contribution in [2.75, 3.05) is 19.4 Å². The molecule has 8 heteroatoms. The van der Waals surface area contributed by atoms with Crippen molar-refractivity contribution in [2.45, 2.75) is 6.04 Å². The van der Waals surface area contributed by atoms with Gasteiger partial charge in [-0.3, -0.25) is 4.79 Å². The minimum absolute atomic E-state index is 0.0752. The number of rotatable bonds is 5. The number of amides is 1. The molecule has 154 valence electrons. The van der Waals surface area contributed by atoms with Gasteiger partial charge >= 0.3 is 0 Å². The summed E-state index contributed by atoms with van der Waals surface area (Å²) in [5, 5.41) is 3.08. The highest BCUT2D eigenvalue weighted by molar-refractivity contribution is 7.90. The molecule has 4 rings (SSSR count). The Morgan fingerprint density at radius 1 is 1.07 bits per heavy atom. The molecule has 0 bridgehead atoms. The van der Waals surface area contributed by atoms with E-state index < -0.39 is 10.0 Å². The zero-order chi connectivity index (χ0) is 21.1. The number of carbonyl (C=O) groups excluding carboxylic acids is 1. The molecule has 7 nitrogen and oxygen atoms in total. The van der Waals surface area contributed by atoms with Gasteiger partial charge in [0.25, 0.3) is 15.9 Å². The number of methoxy groups -OCH3 is 1. The number of nitrogens with one attached hydrogen (secondary N) is 1. The number of fused-ring (bicyclic) bond motifs is 1. The third-order valence-electron chi connectivity index (χ3n) is 4.94. The zero-order valence-electron chi connectivity index (χ0n) is 16.4. The van der Waals surface area contributed by atoms with Crippen LogP contribution in [0.4, 0.5) is 0 Å². The van der Waals surface area contributed by atoms with Gasteiger partial charge < -0.3 is 15.0 Å². The molecule has 2 heterocycles. The first-order valence-corrected chi connectivity index (χ1v) is 11.0. The van der Waals surface area contributed by atoms with E-state index in [0.717, 1.165) is 16.9 Å². The molecule has 1 amide bonds. The number of hydrogen-bond donors (Lipinski definition) is 1. The highest BCUT2D eigenvalue weighted by Gasteiger charge is 2.26. The van der Waals surface area contributed by atoms with Gasteiger partial charge in [0.1, 0.15) is 11.6 Å². The monoisotopic (exact) mass is 423 g/mol. The predicted molar refractivity (Wildman–Crippen MR) is 115 cm³/mol. The Morgan fingerprint density at radius 3 is 2.47 bits per heavy atom. The van der Waals surface area contributed by atoms with Gasteiger partial charge in [-0.2, -0.15) is 0 Å². The van der Waals surface area contributed by atoms with Crippen molar-refractivity contribution < 1.29 is 17.9 Å². The van der Waals surface area contributed by atoms with Crippen LogP contribution in [0, 0.1) is 0 Å². The SMILES string of the molecule is COc1ccc(C(NC(=O)C2=CN3CCS(=O)(=O)N=C3C=C2)c2ccccc2)cc1. The summed E-state index contributed by atoms with van der Waals surface area (Å²) < 4.78 is 32.3. The number of hydrogen-bond acceptors (Lipinski definition) is 5. The first-order chi connectivity index (χ1) is 14.4. The lowest BCUT2D eigenvalue weighted by Gasteiger charge is -2.27. The van der Waals surface area contributed by atoms with E-state index in [1.807, 2.05) is 54.6 Å². The van der Waals surface area contributed by atoms with Crippen molar-refractivity contribution in [1.82, 2.24) is 10.2 Å². The Hall–Kier alpha value is -3.39. The molecule has 0 saturated carbocycles. The lowest BCUT2D eigenvalue weighted by molar-refractivity contribution is -0.117. The minimum Gasteiger partial charge on any atom is -0.497 e. The van der Waals surface area contributed by atoms with Crippen molar-refractivity contribution in [3.63, 3.8) is 0 Å². The first-order valence-electron chi connectivity index (χ1n) is 9.44. The van der Waals surface area contributed by atoms with Crippen molar-refractivity contribution in [2.24, 2.45) is 4.40 Å². The Kier molecular flexibility index (Phi) is 5.41. The molecule has 2 aliphatic heterocycles. The molecular formula is C22H21N3O4S. The van der Waals surface area contributed by atoms with Crippen LogP contribution < -0.4 is 10.1 Å². The van der Waals surface area contributed by atoms with Gasteiger partial charge in [-0.25, -0.2) is 8.42 Å². The number of ether oxygens (including phenoxy) is 1. The Balaban J connectivity index is 1.60. The standard InChI is InChI=1S/C22H21N3O4S/c1-29-19-10-7-17(8-11-19)21(16-5-3-2-4-6-16)23-22(26)18-9-12-20-24-30(27,28)14-13-25(20)15-18/h2-12,15,21H,13-14H2,1H3,(H,23,26). The number of benzene rings is 2. The average Bonchev–Trinajstić information content (AvgIpc) is 2.77. The van der Waals surface area contributed by atoms with Crippen LogP contribution >= 0.6 is 0 Å². The lowest BCUT2D eigenvalue weighted by atomic mass is 9.98. The number of sulfonamides is 1. The van der Waals surface area contributed by atoms with Gasteiger partial charge in [0.15, 0.2) is 0 Å². The van der Waals surface area contributed by atoms with E-state index >= 15 is 0 Å². The number of carbonyl (C=O) groups is 1. The van der Waals surface area contributed by atoms with Crippen LogP contribution in [0.5, 0.6) is 5.75 Å². The van der Waals surface area contributed by atoms with E-state index in [2.05, 4.69) is 9.71 Å². The summed E-state index contributed by atoms with van der Waals surface area (Å²) in [5.41, 5.74) is 2.30. The molecule has 2 aromatic carbocycles. The molecule has 30 heavy (non-hydrogen) atoms. The van der Waals surface area contributed by atoms with E-state index in [1.165, 1.54) is 0 Å². The zero-order valence-corrected chi connectivity index (χ0v) is 17.2. The third kappa shape index (κ3) is 4.28. The van der Waals surface area contributed by atoms with E-state index in [9.17, 15) is 13.2 Å². The van der Waals surface area contributed by atoms with E-state index in [4.69, 9.17) is 4.74 Å². The normalized spacial score (nSPS) is 18.0. The summed E-state index contributed by atoms with van der Waals surface area (Å²) in [5.74, 6) is 0.728. The first kappa shape index (κ1) is 19.9. The molecule has 0 aliphatic carbocycles. The second kappa shape index (κ2) is 8.16. The summed E-state index contributed by atoms with van der Waals surface area (Å²) in [7, 11) is -1.82. The van der Waals surface area contributed by atoms with Crippen LogP contribution in [0.25, 0.3) is 0 Å². The van der Waals surface area contributed by atoms with Crippen molar-refractivity contribution in [3.05, 3.63) is 89.6 Å². The molecule has 1 N–H and O–H groups in total. The molecule has 0 fully saturated rings. The van der Waals surface area contributed by atoms with E-state index in [1.54, 1.807) is 30.4 Å². The van der Waals surface area contributed by atoms with Crippen LogP contribution in [0.1, 0.15) is 17.2 Å². The summed E-state index contributed by atoms with van der Waals surface area (Å²) in [6.45, 7) is 0.267. The van der Waals surface area contributed by atoms with Gasteiger partial charge in [0.2, 0.25) is 0 Å². The van der Waals surface area contributed by atoms with E-state index in [-0.39, 0.29) is 24.2 Å². The molecule has 0 spiro atoms. The molecule has 0 aromatic heterocycles. The van der Waals surface area contributed by atoms with Crippen molar-refractivity contribution >= 4 is 21.8 Å². The largest absolute Gasteiger partial charge is 0.497 e. The van der Waals surface area contributed by atoms with Crippen LogP contribution in [-0.2, 0) is 14.8 Å². The fourth-order valence-electron chi connectivity index (χ4n) is 3.35. The highest BCUT2D eigenvalue weighted by atomic mass is 32.2. The smallest absolute Gasteiger partial charge is 0.256 e. The Bertz CT molecular complexity index is 1140. The highest BCUT2D eigenvalue weighted by Crippen LogP contribution is 2.25. The maximum absolute atomic E-state index is 13.0. The topological polar surface area (TPSA) is 88.1 Å². The summed E-state index contributed by atoms with van der Waals surface area (Å²) in [4.78, 5) is 14.7.